The minimum absolute atomic E-state index is 0.0105. The number of nitrogens with zero attached hydrogens (tertiary/aromatic N) is 2. The van der Waals surface area contributed by atoms with E-state index in [4.69, 9.17) is 9.47 Å². The van der Waals surface area contributed by atoms with Gasteiger partial charge in [-0.25, -0.2) is 9.48 Å². The second-order valence-electron chi connectivity index (χ2n) is 7.04. The van der Waals surface area contributed by atoms with Gasteiger partial charge in [0.15, 0.2) is 12.4 Å². The first-order chi connectivity index (χ1) is 14.4. The van der Waals surface area contributed by atoms with Gasteiger partial charge in [-0.15, -0.1) is 0 Å². The topological polar surface area (TPSA) is 82.5 Å². The lowest BCUT2D eigenvalue weighted by molar-refractivity contribution is -0.124. The fourth-order valence-electron chi connectivity index (χ4n) is 2.96. The molecule has 1 N–H and O–H groups in total. The molecule has 0 aliphatic carbocycles. The highest BCUT2D eigenvalue weighted by atomic mass is 16.5. The van der Waals surface area contributed by atoms with Crippen molar-refractivity contribution in [1.82, 2.24) is 15.1 Å². The van der Waals surface area contributed by atoms with Crippen LogP contribution >= 0.6 is 0 Å². The Morgan fingerprint density at radius 3 is 2.50 bits per heavy atom. The zero-order valence-electron chi connectivity index (χ0n) is 17.5. The third-order valence-corrected chi connectivity index (χ3v) is 4.86. The summed E-state index contributed by atoms with van der Waals surface area (Å²) in [5, 5.41) is 7.08. The maximum absolute atomic E-state index is 12.5. The minimum atomic E-state index is -0.726. The van der Waals surface area contributed by atoms with Crippen molar-refractivity contribution in [2.45, 2.75) is 26.8 Å². The monoisotopic (exact) mass is 407 g/mol. The van der Waals surface area contributed by atoms with Gasteiger partial charge in [0.25, 0.3) is 5.91 Å². The maximum atomic E-state index is 12.5. The molecule has 0 saturated carbocycles. The Kier molecular flexibility index (Phi) is 6.51. The van der Waals surface area contributed by atoms with E-state index in [1.54, 1.807) is 6.20 Å². The van der Waals surface area contributed by atoms with E-state index >= 15 is 0 Å². The zero-order chi connectivity index (χ0) is 21.7. The summed E-state index contributed by atoms with van der Waals surface area (Å²) >= 11 is 0. The van der Waals surface area contributed by atoms with Gasteiger partial charge in [-0.1, -0.05) is 36.4 Å². The lowest BCUT2D eigenvalue weighted by atomic mass is 10.0. The molecule has 1 amide bonds. The second kappa shape index (κ2) is 9.26. The van der Waals surface area contributed by atoms with Crippen molar-refractivity contribution in [3.63, 3.8) is 0 Å². The summed E-state index contributed by atoms with van der Waals surface area (Å²) in [7, 11) is 1.45. The van der Waals surface area contributed by atoms with E-state index in [1.807, 2.05) is 69.3 Å². The number of nitrogens with one attached hydrogen (secondary N) is 1. The molecule has 2 aromatic carbocycles. The normalized spacial score (nSPS) is 11.6. The Balaban J connectivity index is 1.61. The van der Waals surface area contributed by atoms with Crippen LogP contribution in [0.25, 0.3) is 5.69 Å². The van der Waals surface area contributed by atoms with Crippen LogP contribution in [-0.4, -0.2) is 35.4 Å². The number of ether oxygens (including phenoxy) is 2. The standard InChI is InChI=1S/C23H25N3O4/c1-15-10-11-18(12-16(15)2)17(3)24-21(27)14-30-23(28)22-20(29-4)13-26(25-22)19-8-6-5-7-9-19/h5-13,17H,14H2,1-4H3,(H,24,27). The summed E-state index contributed by atoms with van der Waals surface area (Å²) in [6.45, 7) is 5.54. The van der Waals surface area contributed by atoms with Gasteiger partial charge in [0.2, 0.25) is 5.69 Å². The first-order valence-corrected chi connectivity index (χ1v) is 9.61. The molecule has 7 nitrogen and oxygen atoms in total. The molecule has 3 rings (SSSR count). The maximum Gasteiger partial charge on any atom is 0.363 e. The molecule has 3 aromatic rings. The summed E-state index contributed by atoms with van der Waals surface area (Å²) in [5.41, 5.74) is 4.11. The van der Waals surface area contributed by atoms with Crippen molar-refractivity contribution in [2.75, 3.05) is 13.7 Å². The number of rotatable bonds is 7. The second-order valence-corrected chi connectivity index (χ2v) is 7.04. The number of hydrogen-bond acceptors (Lipinski definition) is 5. The molecule has 1 atom stereocenters. The quantitative estimate of drug-likeness (QED) is 0.606. The van der Waals surface area contributed by atoms with Crippen LogP contribution in [-0.2, 0) is 9.53 Å². The van der Waals surface area contributed by atoms with Gasteiger partial charge in [-0.3, -0.25) is 4.79 Å². The fourth-order valence-corrected chi connectivity index (χ4v) is 2.96. The summed E-state index contributed by atoms with van der Waals surface area (Å²) in [5.74, 6) is -0.848. The smallest absolute Gasteiger partial charge is 0.363 e. The van der Waals surface area contributed by atoms with Crippen LogP contribution < -0.4 is 10.1 Å². The predicted octanol–water partition coefficient (Wildman–Crippen LogP) is 3.53. The Hall–Kier alpha value is -3.61. The van der Waals surface area contributed by atoms with Crippen LogP contribution in [0.4, 0.5) is 0 Å². The van der Waals surface area contributed by atoms with Gasteiger partial charge in [0.05, 0.1) is 25.0 Å². The number of methoxy groups -OCH3 is 1. The largest absolute Gasteiger partial charge is 0.493 e. The lowest BCUT2D eigenvalue weighted by Gasteiger charge is -2.15. The molecule has 0 aliphatic heterocycles. The molecule has 0 aliphatic rings. The molecule has 0 saturated heterocycles. The lowest BCUT2D eigenvalue weighted by Crippen LogP contribution is -2.31. The van der Waals surface area contributed by atoms with Gasteiger partial charge < -0.3 is 14.8 Å². The van der Waals surface area contributed by atoms with Crippen molar-refractivity contribution < 1.29 is 19.1 Å². The number of para-hydroxylation sites is 1. The average Bonchev–Trinajstić information content (AvgIpc) is 3.19. The van der Waals surface area contributed by atoms with E-state index in [2.05, 4.69) is 10.4 Å². The minimum Gasteiger partial charge on any atom is -0.493 e. The first kappa shape index (κ1) is 21.1. The van der Waals surface area contributed by atoms with Crippen LogP contribution in [0.3, 0.4) is 0 Å². The van der Waals surface area contributed by atoms with Crippen LogP contribution in [0.15, 0.2) is 54.7 Å². The molecule has 1 unspecified atom stereocenters. The third kappa shape index (κ3) is 4.86. The van der Waals surface area contributed by atoms with Gasteiger partial charge in [-0.2, -0.15) is 5.10 Å². The Labute approximate surface area is 175 Å². The van der Waals surface area contributed by atoms with Crippen LogP contribution in [0.1, 0.15) is 40.1 Å². The summed E-state index contributed by atoms with van der Waals surface area (Å²) in [4.78, 5) is 24.7. The number of aryl methyl sites for hydroxylation is 2. The number of carbonyl (C=O) groups excluding carboxylic acids is 2. The van der Waals surface area contributed by atoms with Crippen molar-refractivity contribution in [1.29, 1.82) is 0 Å². The summed E-state index contributed by atoms with van der Waals surface area (Å²) in [6.07, 6.45) is 1.59. The fraction of sp³-hybridized carbons (Fsp3) is 0.261. The number of hydrogen-bond donors (Lipinski definition) is 1. The first-order valence-electron chi connectivity index (χ1n) is 9.61. The van der Waals surface area contributed by atoms with E-state index < -0.39 is 18.5 Å². The highest BCUT2D eigenvalue weighted by Crippen LogP contribution is 2.20. The molecule has 0 spiro atoms. The van der Waals surface area contributed by atoms with Crippen molar-refractivity contribution in [2.24, 2.45) is 0 Å². The molecule has 156 valence electrons. The molecule has 1 heterocycles. The SMILES string of the molecule is COc1cn(-c2ccccc2)nc1C(=O)OCC(=O)NC(C)c1ccc(C)c(C)c1. The van der Waals surface area contributed by atoms with Crippen LogP contribution in [0, 0.1) is 13.8 Å². The Morgan fingerprint density at radius 1 is 1.10 bits per heavy atom. The summed E-state index contributed by atoms with van der Waals surface area (Å²) in [6, 6.07) is 15.1. The highest BCUT2D eigenvalue weighted by Gasteiger charge is 2.21. The Bertz CT molecular complexity index is 1040. The van der Waals surface area contributed by atoms with E-state index in [0.717, 1.165) is 16.8 Å². The van der Waals surface area contributed by atoms with Gasteiger partial charge in [0.1, 0.15) is 0 Å². The molecule has 30 heavy (non-hydrogen) atoms. The Morgan fingerprint density at radius 2 is 1.83 bits per heavy atom. The van der Waals surface area contributed by atoms with Crippen LogP contribution in [0.5, 0.6) is 5.75 Å². The molecule has 7 heteroatoms. The van der Waals surface area contributed by atoms with Crippen molar-refractivity contribution in [3.05, 3.63) is 77.1 Å². The highest BCUT2D eigenvalue weighted by molar-refractivity contribution is 5.92. The molecule has 0 fully saturated rings. The van der Waals surface area contributed by atoms with Gasteiger partial charge in [0, 0.05) is 0 Å². The predicted molar refractivity (Wildman–Crippen MR) is 113 cm³/mol. The van der Waals surface area contributed by atoms with Crippen LogP contribution in [0.2, 0.25) is 0 Å². The van der Waals surface area contributed by atoms with E-state index in [9.17, 15) is 9.59 Å². The van der Waals surface area contributed by atoms with Crippen molar-refractivity contribution in [3.8, 4) is 11.4 Å². The molecule has 0 radical (unpaired) electrons. The summed E-state index contributed by atoms with van der Waals surface area (Å²) < 4.78 is 11.9. The average molecular weight is 407 g/mol. The van der Waals surface area contributed by atoms with E-state index in [-0.39, 0.29) is 17.5 Å². The zero-order valence-corrected chi connectivity index (χ0v) is 17.5. The molecule has 0 bridgehead atoms. The number of aromatic nitrogens is 2. The van der Waals surface area contributed by atoms with Gasteiger partial charge in [-0.05, 0) is 49.6 Å². The molecule has 1 aromatic heterocycles. The number of amides is 1. The van der Waals surface area contributed by atoms with E-state index in [1.165, 1.54) is 17.4 Å². The number of carbonyl (C=O) groups is 2. The van der Waals surface area contributed by atoms with E-state index in [0.29, 0.717) is 0 Å². The number of esters is 1. The molecular weight excluding hydrogens is 382 g/mol. The molecular formula is C23H25N3O4. The van der Waals surface area contributed by atoms with Crippen molar-refractivity contribution >= 4 is 11.9 Å². The van der Waals surface area contributed by atoms with Gasteiger partial charge >= 0.3 is 5.97 Å². The number of benzene rings is 2. The third-order valence-electron chi connectivity index (χ3n) is 4.86.